The minimum absolute atomic E-state index is 0.109. The third kappa shape index (κ3) is 5.31. The van der Waals surface area contributed by atoms with Gasteiger partial charge in [0.05, 0.1) is 0 Å². The van der Waals surface area contributed by atoms with Gasteiger partial charge < -0.3 is 0 Å². The zero-order chi connectivity index (χ0) is 17.4. The zero-order valence-corrected chi connectivity index (χ0v) is 13.4. The Balaban J connectivity index is 1.96. The van der Waals surface area contributed by atoms with Gasteiger partial charge in [-0.3, -0.25) is 0 Å². The van der Waals surface area contributed by atoms with Crippen molar-refractivity contribution in [1.82, 2.24) is 0 Å². The number of hydrogen-bond donors (Lipinski definition) is 0. The first-order valence-corrected chi connectivity index (χ1v) is 7.96. The maximum absolute atomic E-state index is 13.1. The summed E-state index contributed by atoms with van der Waals surface area (Å²) < 4.78 is 39.1. The summed E-state index contributed by atoms with van der Waals surface area (Å²) in [5.74, 6) is 1.54. The second kappa shape index (κ2) is 8.98. The van der Waals surface area contributed by atoms with Crippen LogP contribution in [-0.4, -0.2) is 0 Å². The minimum atomic E-state index is -1.47. The molecule has 0 N–H and O–H groups in total. The van der Waals surface area contributed by atoms with Gasteiger partial charge in [-0.15, -0.1) is 6.58 Å². The summed E-state index contributed by atoms with van der Waals surface area (Å²) in [6, 6.07) is 9.55. The van der Waals surface area contributed by atoms with Crippen LogP contribution in [0.3, 0.4) is 0 Å². The van der Waals surface area contributed by atoms with E-state index in [1.807, 2.05) is 30.3 Å². The molecule has 0 aliphatic rings. The summed E-state index contributed by atoms with van der Waals surface area (Å²) in [5.41, 5.74) is 2.09. The van der Waals surface area contributed by atoms with Gasteiger partial charge in [0.2, 0.25) is 0 Å². The van der Waals surface area contributed by atoms with Gasteiger partial charge in [0, 0.05) is 11.1 Å². The molecule has 2 aromatic carbocycles. The van der Waals surface area contributed by atoms with Crippen LogP contribution in [0.15, 0.2) is 49.1 Å². The van der Waals surface area contributed by atoms with E-state index in [1.165, 1.54) is 12.0 Å². The first-order valence-electron chi connectivity index (χ1n) is 7.96. The van der Waals surface area contributed by atoms with E-state index in [4.69, 9.17) is 0 Å². The zero-order valence-electron chi connectivity index (χ0n) is 13.4. The first-order chi connectivity index (χ1) is 11.6. The number of unbranched alkanes of at least 4 members (excludes halogenated alkanes) is 3. The molecule has 2 aromatic rings. The molecule has 0 amide bonds. The molecule has 0 aliphatic heterocycles. The lowest BCUT2D eigenvalue weighted by Crippen LogP contribution is -1.91. The molecule has 0 nitrogen and oxygen atoms in total. The summed E-state index contributed by atoms with van der Waals surface area (Å²) >= 11 is 0. The largest absolute Gasteiger partial charge is 0.204 e. The van der Waals surface area contributed by atoms with Gasteiger partial charge in [-0.25, -0.2) is 13.2 Å². The van der Waals surface area contributed by atoms with Crippen LogP contribution in [0.1, 0.15) is 42.4 Å². The van der Waals surface area contributed by atoms with E-state index >= 15 is 0 Å². The van der Waals surface area contributed by atoms with Crippen LogP contribution in [0, 0.1) is 29.3 Å². The fourth-order valence-corrected chi connectivity index (χ4v) is 2.32. The van der Waals surface area contributed by atoms with Gasteiger partial charge in [0.1, 0.15) is 0 Å². The molecule has 2 rings (SSSR count). The van der Waals surface area contributed by atoms with Crippen molar-refractivity contribution in [1.29, 1.82) is 0 Å². The Morgan fingerprint density at radius 2 is 1.46 bits per heavy atom. The van der Waals surface area contributed by atoms with Crippen molar-refractivity contribution >= 4 is 0 Å². The Labute approximate surface area is 141 Å². The second-order valence-corrected chi connectivity index (χ2v) is 5.59. The number of aryl methyl sites for hydroxylation is 1. The van der Waals surface area contributed by atoms with Crippen molar-refractivity contribution in [3.8, 4) is 11.8 Å². The Morgan fingerprint density at radius 1 is 0.833 bits per heavy atom. The lowest BCUT2D eigenvalue weighted by molar-refractivity contribution is 0.446. The Hall–Kier alpha value is -2.47. The van der Waals surface area contributed by atoms with Gasteiger partial charge >= 0.3 is 0 Å². The summed E-state index contributed by atoms with van der Waals surface area (Å²) in [4.78, 5) is 0. The molecule has 0 aliphatic carbocycles. The van der Waals surface area contributed by atoms with Crippen LogP contribution in [0.4, 0.5) is 13.2 Å². The summed E-state index contributed by atoms with van der Waals surface area (Å²) in [5, 5.41) is 0. The number of halogens is 3. The van der Waals surface area contributed by atoms with E-state index in [0.29, 0.717) is 0 Å². The molecule has 0 saturated carbocycles. The van der Waals surface area contributed by atoms with E-state index in [-0.39, 0.29) is 5.56 Å². The molecule has 0 saturated heterocycles. The summed E-state index contributed by atoms with van der Waals surface area (Å²) in [6.45, 7) is 3.71. The highest BCUT2D eigenvalue weighted by molar-refractivity contribution is 5.43. The smallest absolute Gasteiger partial charge is 0.194 e. The SMILES string of the molecule is C=CCCCCCc1ccc(C#Cc2cc(F)c(F)c(F)c2)cc1. The normalized spacial score (nSPS) is 10.1. The molecule has 0 heterocycles. The van der Waals surface area contributed by atoms with Crippen LogP contribution < -0.4 is 0 Å². The minimum Gasteiger partial charge on any atom is -0.204 e. The Morgan fingerprint density at radius 3 is 2.08 bits per heavy atom. The molecule has 24 heavy (non-hydrogen) atoms. The second-order valence-electron chi connectivity index (χ2n) is 5.59. The van der Waals surface area contributed by atoms with Gasteiger partial charge in [-0.1, -0.05) is 36.5 Å². The van der Waals surface area contributed by atoms with E-state index in [0.717, 1.165) is 43.4 Å². The van der Waals surface area contributed by atoms with Crippen molar-refractivity contribution in [3.05, 3.63) is 83.2 Å². The summed E-state index contributed by atoms with van der Waals surface area (Å²) in [7, 11) is 0. The van der Waals surface area contributed by atoms with Crippen molar-refractivity contribution in [3.63, 3.8) is 0 Å². The van der Waals surface area contributed by atoms with Crippen LogP contribution in [0.5, 0.6) is 0 Å². The summed E-state index contributed by atoms with van der Waals surface area (Å²) in [6.07, 6.45) is 7.48. The number of hydrogen-bond acceptors (Lipinski definition) is 0. The fourth-order valence-electron chi connectivity index (χ4n) is 2.32. The van der Waals surface area contributed by atoms with Crippen molar-refractivity contribution in [2.45, 2.75) is 32.1 Å². The van der Waals surface area contributed by atoms with Crippen LogP contribution in [-0.2, 0) is 6.42 Å². The fraction of sp³-hybridized carbons (Fsp3) is 0.238. The molecule has 0 unspecified atom stereocenters. The average Bonchev–Trinajstić information content (AvgIpc) is 2.58. The van der Waals surface area contributed by atoms with Gasteiger partial charge in [0.15, 0.2) is 17.5 Å². The average molecular weight is 328 g/mol. The first kappa shape index (κ1) is 17.9. The van der Waals surface area contributed by atoms with Gasteiger partial charge in [-0.2, -0.15) is 0 Å². The van der Waals surface area contributed by atoms with Crippen LogP contribution in [0.25, 0.3) is 0 Å². The molecule has 0 spiro atoms. The monoisotopic (exact) mass is 328 g/mol. The molecule has 0 radical (unpaired) electrons. The lowest BCUT2D eigenvalue weighted by Gasteiger charge is -2.01. The van der Waals surface area contributed by atoms with Crippen LogP contribution >= 0.6 is 0 Å². The number of rotatable bonds is 6. The highest BCUT2D eigenvalue weighted by Crippen LogP contribution is 2.13. The van der Waals surface area contributed by atoms with Crippen LogP contribution in [0.2, 0.25) is 0 Å². The number of benzene rings is 2. The quantitative estimate of drug-likeness (QED) is 0.272. The third-order valence-corrected chi connectivity index (χ3v) is 3.66. The standard InChI is InChI=1S/C21H19F3/c1-2-3-4-5-6-7-16-8-10-17(11-9-16)12-13-18-14-19(22)21(24)20(23)15-18/h2,8-11,14-15H,1,3-7H2. The van der Waals surface area contributed by atoms with E-state index in [2.05, 4.69) is 18.4 Å². The predicted octanol–water partition coefficient (Wildman–Crippen LogP) is 5.79. The Kier molecular flexibility index (Phi) is 6.69. The maximum atomic E-state index is 13.1. The molecule has 0 fully saturated rings. The predicted molar refractivity (Wildman–Crippen MR) is 91.1 cm³/mol. The van der Waals surface area contributed by atoms with Crippen molar-refractivity contribution < 1.29 is 13.2 Å². The van der Waals surface area contributed by atoms with Gasteiger partial charge in [-0.05, 0) is 55.5 Å². The van der Waals surface area contributed by atoms with Gasteiger partial charge in [0.25, 0.3) is 0 Å². The number of allylic oxidation sites excluding steroid dienone is 1. The highest BCUT2D eigenvalue weighted by atomic mass is 19.2. The molecular formula is C21H19F3. The molecule has 0 bridgehead atoms. The van der Waals surface area contributed by atoms with E-state index < -0.39 is 17.5 Å². The van der Waals surface area contributed by atoms with Crippen molar-refractivity contribution in [2.75, 3.05) is 0 Å². The molecule has 124 valence electrons. The molecular weight excluding hydrogens is 309 g/mol. The third-order valence-electron chi connectivity index (χ3n) is 3.66. The van der Waals surface area contributed by atoms with E-state index in [9.17, 15) is 13.2 Å². The molecule has 3 heteroatoms. The molecule has 0 atom stereocenters. The lowest BCUT2D eigenvalue weighted by atomic mass is 10.0. The topological polar surface area (TPSA) is 0 Å². The Bertz CT molecular complexity index is 726. The highest BCUT2D eigenvalue weighted by Gasteiger charge is 2.09. The van der Waals surface area contributed by atoms with Crippen molar-refractivity contribution in [2.24, 2.45) is 0 Å². The molecule has 0 aromatic heterocycles. The maximum Gasteiger partial charge on any atom is 0.194 e. The van der Waals surface area contributed by atoms with E-state index in [1.54, 1.807) is 0 Å².